The Morgan fingerprint density at radius 3 is 2.76 bits per heavy atom. The van der Waals surface area contributed by atoms with E-state index in [0.29, 0.717) is 6.42 Å². The number of nitrogens with one attached hydrogen (secondary N) is 1. The van der Waals surface area contributed by atoms with Crippen molar-refractivity contribution in [3.63, 3.8) is 0 Å². The molecular formula is C17H24N6OS. The molecule has 1 fully saturated rings. The standard InChI is InChI=1S/C17H24N6OS/c1-3-13-20-21-16(25-13)22-9-6-17(7-10-22)15-12(18-11-19-15)5-8-23(17)14(24)4-2/h11H,3-10H2,1-2H3,(H,18,19). The molecule has 0 atom stereocenters. The second-order valence-electron chi connectivity index (χ2n) is 6.73. The lowest BCUT2D eigenvalue weighted by Crippen LogP contribution is -2.58. The van der Waals surface area contributed by atoms with Crippen LogP contribution in [0.1, 0.15) is 49.5 Å². The maximum atomic E-state index is 12.6. The predicted molar refractivity (Wildman–Crippen MR) is 96.7 cm³/mol. The number of amides is 1. The minimum absolute atomic E-state index is 0.228. The molecule has 0 unspecified atom stereocenters. The highest BCUT2D eigenvalue weighted by molar-refractivity contribution is 7.15. The Kier molecular flexibility index (Phi) is 4.23. The van der Waals surface area contributed by atoms with Crippen molar-refractivity contribution in [2.45, 2.75) is 51.5 Å². The van der Waals surface area contributed by atoms with Crippen LogP contribution in [-0.2, 0) is 23.2 Å². The lowest BCUT2D eigenvalue weighted by Gasteiger charge is -2.50. The molecule has 0 bridgehead atoms. The van der Waals surface area contributed by atoms with Crippen molar-refractivity contribution in [2.24, 2.45) is 0 Å². The van der Waals surface area contributed by atoms with Gasteiger partial charge in [0.15, 0.2) is 0 Å². The first-order chi connectivity index (χ1) is 12.2. The van der Waals surface area contributed by atoms with Crippen molar-refractivity contribution in [1.29, 1.82) is 0 Å². The first-order valence-electron chi connectivity index (χ1n) is 9.08. The fourth-order valence-electron chi connectivity index (χ4n) is 4.12. The summed E-state index contributed by atoms with van der Waals surface area (Å²) in [5, 5.41) is 10.7. The maximum absolute atomic E-state index is 12.6. The molecule has 0 radical (unpaired) electrons. The number of aromatic nitrogens is 4. The number of carbonyl (C=O) groups excluding carboxylic acids is 1. The second kappa shape index (κ2) is 6.40. The van der Waals surface area contributed by atoms with Crippen LogP contribution in [0.2, 0.25) is 0 Å². The van der Waals surface area contributed by atoms with Gasteiger partial charge in [-0.1, -0.05) is 25.2 Å². The van der Waals surface area contributed by atoms with E-state index in [1.165, 1.54) is 5.69 Å². The molecule has 0 saturated carbocycles. The van der Waals surface area contributed by atoms with Crippen LogP contribution in [0.25, 0.3) is 0 Å². The number of hydrogen-bond donors (Lipinski definition) is 1. The van der Waals surface area contributed by atoms with Crippen molar-refractivity contribution in [1.82, 2.24) is 25.1 Å². The molecule has 1 N–H and O–H groups in total. The average Bonchev–Trinajstić information content (AvgIpc) is 3.32. The Hall–Kier alpha value is -1.96. The molecule has 2 aliphatic rings. The number of aromatic amines is 1. The molecule has 134 valence electrons. The fourth-order valence-corrected chi connectivity index (χ4v) is 4.95. The summed E-state index contributed by atoms with van der Waals surface area (Å²) in [5.41, 5.74) is 2.00. The summed E-state index contributed by atoms with van der Waals surface area (Å²) in [6.07, 6.45) is 5.88. The zero-order valence-electron chi connectivity index (χ0n) is 14.8. The summed E-state index contributed by atoms with van der Waals surface area (Å²) in [7, 11) is 0. The minimum atomic E-state index is -0.268. The van der Waals surface area contributed by atoms with Gasteiger partial charge in [0.05, 0.1) is 17.6 Å². The third kappa shape index (κ3) is 2.63. The smallest absolute Gasteiger partial charge is 0.223 e. The van der Waals surface area contributed by atoms with E-state index in [1.807, 2.05) is 6.92 Å². The number of fused-ring (bicyclic) bond motifs is 2. The van der Waals surface area contributed by atoms with Crippen LogP contribution in [-0.4, -0.2) is 50.6 Å². The molecule has 0 aromatic carbocycles. The summed E-state index contributed by atoms with van der Waals surface area (Å²) in [6.45, 7) is 6.57. The Bertz CT molecular complexity index is 761. The number of anilines is 1. The van der Waals surface area contributed by atoms with E-state index in [4.69, 9.17) is 0 Å². The van der Waals surface area contributed by atoms with Crippen molar-refractivity contribution >= 4 is 22.4 Å². The van der Waals surface area contributed by atoms with Crippen molar-refractivity contribution in [3.8, 4) is 0 Å². The zero-order valence-corrected chi connectivity index (χ0v) is 15.6. The molecular weight excluding hydrogens is 336 g/mol. The van der Waals surface area contributed by atoms with E-state index in [9.17, 15) is 4.79 Å². The highest BCUT2D eigenvalue weighted by atomic mass is 32.1. The van der Waals surface area contributed by atoms with Crippen molar-refractivity contribution in [3.05, 3.63) is 22.7 Å². The topological polar surface area (TPSA) is 78.0 Å². The first-order valence-corrected chi connectivity index (χ1v) is 9.90. The summed E-state index contributed by atoms with van der Waals surface area (Å²) in [4.78, 5) is 24.9. The SMILES string of the molecule is CCC(=O)N1CCc2[nH]cnc2C12CCN(c1nnc(CC)s1)CC2. The highest BCUT2D eigenvalue weighted by Crippen LogP contribution is 2.43. The van der Waals surface area contributed by atoms with Gasteiger partial charge in [-0.25, -0.2) is 4.98 Å². The third-order valence-electron chi connectivity index (χ3n) is 5.48. The number of H-pyrrole nitrogens is 1. The van der Waals surface area contributed by atoms with Crippen LogP contribution >= 0.6 is 11.3 Å². The van der Waals surface area contributed by atoms with E-state index in [-0.39, 0.29) is 11.4 Å². The van der Waals surface area contributed by atoms with Crippen molar-refractivity contribution in [2.75, 3.05) is 24.5 Å². The molecule has 2 aliphatic heterocycles. The Balaban J connectivity index is 1.61. The number of rotatable bonds is 3. The van der Waals surface area contributed by atoms with Gasteiger partial charge in [0.2, 0.25) is 11.0 Å². The molecule has 25 heavy (non-hydrogen) atoms. The molecule has 7 nitrogen and oxygen atoms in total. The quantitative estimate of drug-likeness (QED) is 0.907. The average molecular weight is 360 g/mol. The largest absolute Gasteiger partial charge is 0.348 e. The van der Waals surface area contributed by atoms with Gasteiger partial charge in [-0.15, -0.1) is 10.2 Å². The fraction of sp³-hybridized carbons (Fsp3) is 0.647. The summed E-state index contributed by atoms with van der Waals surface area (Å²) >= 11 is 1.67. The van der Waals surface area contributed by atoms with E-state index in [0.717, 1.165) is 61.2 Å². The number of carbonyl (C=O) groups is 1. The second-order valence-corrected chi connectivity index (χ2v) is 7.77. The lowest BCUT2D eigenvalue weighted by molar-refractivity contribution is -0.140. The normalized spacial score (nSPS) is 19.3. The van der Waals surface area contributed by atoms with Crippen LogP contribution in [0, 0.1) is 0 Å². The van der Waals surface area contributed by atoms with Gasteiger partial charge in [-0.05, 0) is 19.3 Å². The van der Waals surface area contributed by atoms with Crippen LogP contribution in [0.4, 0.5) is 5.13 Å². The van der Waals surface area contributed by atoms with Crippen LogP contribution < -0.4 is 4.90 Å². The molecule has 2 aromatic heterocycles. The molecule has 1 saturated heterocycles. The summed E-state index contributed by atoms with van der Waals surface area (Å²) < 4.78 is 0. The van der Waals surface area contributed by atoms with Gasteiger partial charge in [0.1, 0.15) is 5.01 Å². The monoisotopic (exact) mass is 360 g/mol. The molecule has 4 rings (SSSR count). The number of imidazole rings is 1. The number of hydrogen-bond acceptors (Lipinski definition) is 6. The van der Waals surface area contributed by atoms with Crippen LogP contribution in [0.5, 0.6) is 0 Å². The van der Waals surface area contributed by atoms with E-state index in [1.54, 1.807) is 17.7 Å². The Labute approximate surface area is 151 Å². The molecule has 1 spiro atoms. The molecule has 1 amide bonds. The van der Waals surface area contributed by atoms with Gasteiger partial charge in [0.25, 0.3) is 0 Å². The molecule has 0 aliphatic carbocycles. The van der Waals surface area contributed by atoms with E-state index < -0.39 is 0 Å². The molecule has 4 heterocycles. The van der Waals surface area contributed by atoms with Gasteiger partial charge in [-0.2, -0.15) is 0 Å². The van der Waals surface area contributed by atoms with E-state index >= 15 is 0 Å². The summed E-state index contributed by atoms with van der Waals surface area (Å²) in [6, 6.07) is 0. The highest BCUT2D eigenvalue weighted by Gasteiger charge is 2.48. The minimum Gasteiger partial charge on any atom is -0.348 e. The first kappa shape index (κ1) is 16.5. The maximum Gasteiger partial charge on any atom is 0.223 e. The van der Waals surface area contributed by atoms with E-state index in [2.05, 4.69) is 36.9 Å². The van der Waals surface area contributed by atoms with Gasteiger partial charge >= 0.3 is 0 Å². The van der Waals surface area contributed by atoms with Gasteiger partial charge in [-0.3, -0.25) is 4.79 Å². The molecule has 2 aromatic rings. The van der Waals surface area contributed by atoms with Gasteiger partial charge in [0, 0.05) is 38.2 Å². The lowest BCUT2D eigenvalue weighted by atomic mass is 9.78. The number of nitrogens with zero attached hydrogens (tertiary/aromatic N) is 5. The third-order valence-corrected chi connectivity index (χ3v) is 6.61. The Morgan fingerprint density at radius 1 is 1.28 bits per heavy atom. The predicted octanol–water partition coefficient (Wildman–Crippen LogP) is 2.11. The van der Waals surface area contributed by atoms with Crippen LogP contribution in [0.3, 0.4) is 0 Å². The van der Waals surface area contributed by atoms with Gasteiger partial charge < -0.3 is 14.8 Å². The zero-order chi connectivity index (χ0) is 17.4. The summed E-state index contributed by atoms with van der Waals surface area (Å²) in [5.74, 6) is 0.228. The number of aryl methyl sites for hydroxylation is 1. The Morgan fingerprint density at radius 2 is 2.08 bits per heavy atom. The van der Waals surface area contributed by atoms with Crippen molar-refractivity contribution < 1.29 is 4.79 Å². The van der Waals surface area contributed by atoms with Crippen LogP contribution in [0.15, 0.2) is 6.33 Å². The number of piperidine rings is 1. The molecule has 8 heteroatoms.